The minimum absolute atomic E-state index is 0.149. The van der Waals surface area contributed by atoms with Gasteiger partial charge in [-0.1, -0.05) is 12.1 Å². The predicted molar refractivity (Wildman–Crippen MR) is 58.8 cm³/mol. The lowest BCUT2D eigenvalue weighted by Crippen LogP contribution is -2.01. The van der Waals surface area contributed by atoms with E-state index in [0.29, 0.717) is 12.2 Å². The smallest absolute Gasteiger partial charge is 0.389 e. The second kappa shape index (κ2) is 4.01. The van der Waals surface area contributed by atoms with Crippen LogP contribution in [0, 0.1) is 10.1 Å². The number of rotatable bonds is 3. The summed E-state index contributed by atoms with van der Waals surface area (Å²) in [6.07, 6.45) is 1.57. The number of hydrogen-bond acceptors (Lipinski definition) is 4. The number of benzene rings is 1. The summed E-state index contributed by atoms with van der Waals surface area (Å²) in [5.74, 6) is -0.149. The van der Waals surface area contributed by atoms with E-state index in [1.807, 2.05) is 18.2 Å². The zero-order valence-electron chi connectivity index (χ0n) is 8.41. The van der Waals surface area contributed by atoms with Gasteiger partial charge in [-0.05, 0) is 22.6 Å². The maximum atomic E-state index is 10.4. The van der Waals surface area contributed by atoms with Crippen LogP contribution in [0.4, 0.5) is 11.5 Å². The van der Waals surface area contributed by atoms with Crippen LogP contribution in [0.1, 0.15) is 5.56 Å². The lowest BCUT2D eigenvalue weighted by Gasteiger charge is -1.99. The Morgan fingerprint density at radius 1 is 1.44 bits per heavy atom. The molecule has 2 rings (SSSR count). The largest absolute Gasteiger partial charge is 0.399 e. The van der Waals surface area contributed by atoms with Crippen LogP contribution in [-0.2, 0) is 6.54 Å². The van der Waals surface area contributed by atoms with Crippen LogP contribution < -0.4 is 5.73 Å². The Hall–Kier alpha value is -2.37. The van der Waals surface area contributed by atoms with E-state index in [4.69, 9.17) is 5.73 Å². The van der Waals surface area contributed by atoms with Crippen LogP contribution in [0.15, 0.2) is 36.5 Å². The molecule has 0 atom stereocenters. The Kier molecular flexibility index (Phi) is 2.55. The first-order valence-electron chi connectivity index (χ1n) is 4.67. The van der Waals surface area contributed by atoms with Crippen molar-refractivity contribution in [1.82, 2.24) is 9.78 Å². The highest BCUT2D eigenvalue weighted by Crippen LogP contribution is 2.10. The molecule has 16 heavy (non-hydrogen) atoms. The molecule has 0 saturated heterocycles. The highest BCUT2D eigenvalue weighted by atomic mass is 16.6. The molecule has 0 saturated carbocycles. The molecular weight excluding hydrogens is 208 g/mol. The van der Waals surface area contributed by atoms with E-state index in [2.05, 4.69) is 5.10 Å². The van der Waals surface area contributed by atoms with Gasteiger partial charge in [-0.2, -0.15) is 4.68 Å². The maximum absolute atomic E-state index is 10.4. The third-order valence-electron chi connectivity index (χ3n) is 2.11. The Morgan fingerprint density at radius 2 is 2.25 bits per heavy atom. The number of nitrogen functional groups attached to an aromatic ring is 1. The average Bonchev–Trinajstić information content (AvgIpc) is 2.66. The zero-order chi connectivity index (χ0) is 11.5. The number of hydrogen-bond donors (Lipinski definition) is 1. The number of aromatic nitrogens is 2. The van der Waals surface area contributed by atoms with Gasteiger partial charge in [-0.3, -0.25) is 0 Å². The molecule has 0 aliphatic carbocycles. The Balaban J connectivity index is 2.17. The monoisotopic (exact) mass is 218 g/mol. The standard InChI is InChI=1S/C10H10N4O2/c11-9-3-1-2-8(6-9)7-13-5-4-10(12-13)14(15)16/h1-6H,7,11H2. The van der Waals surface area contributed by atoms with Crippen LogP contribution in [0.2, 0.25) is 0 Å². The molecule has 1 aromatic carbocycles. The first-order chi connectivity index (χ1) is 7.65. The Morgan fingerprint density at radius 3 is 2.88 bits per heavy atom. The molecule has 82 valence electrons. The van der Waals surface area contributed by atoms with Gasteiger partial charge in [0.15, 0.2) is 0 Å². The predicted octanol–water partition coefficient (Wildman–Crippen LogP) is 1.42. The van der Waals surface area contributed by atoms with Crippen molar-refractivity contribution < 1.29 is 4.92 Å². The first kappa shape index (κ1) is 10.2. The van der Waals surface area contributed by atoms with Crippen molar-refractivity contribution in [2.75, 3.05) is 5.73 Å². The minimum Gasteiger partial charge on any atom is -0.399 e. The third kappa shape index (κ3) is 2.17. The van der Waals surface area contributed by atoms with Gasteiger partial charge < -0.3 is 15.8 Å². The summed E-state index contributed by atoms with van der Waals surface area (Å²) in [5.41, 5.74) is 7.25. The number of nitrogens with two attached hydrogens (primary N) is 1. The Labute approximate surface area is 91.5 Å². The third-order valence-corrected chi connectivity index (χ3v) is 2.11. The minimum atomic E-state index is -0.518. The lowest BCUT2D eigenvalue weighted by molar-refractivity contribution is -0.389. The van der Waals surface area contributed by atoms with E-state index in [1.165, 1.54) is 10.7 Å². The molecule has 0 aliphatic heterocycles. The van der Waals surface area contributed by atoms with Crippen LogP contribution in [0.25, 0.3) is 0 Å². The van der Waals surface area contributed by atoms with E-state index in [0.717, 1.165) is 5.56 Å². The quantitative estimate of drug-likeness (QED) is 0.479. The summed E-state index contributed by atoms with van der Waals surface area (Å²) in [6.45, 7) is 0.471. The van der Waals surface area contributed by atoms with Crippen molar-refractivity contribution in [2.24, 2.45) is 0 Å². The molecule has 0 unspecified atom stereocenters. The van der Waals surface area contributed by atoms with Crippen molar-refractivity contribution >= 4 is 11.5 Å². The van der Waals surface area contributed by atoms with Gasteiger partial charge in [0, 0.05) is 5.69 Å². The van der Waals surface area contributed by atoms with Crippen molar-refractivity contribution in [1.29, 1.82) is 0 Å². The second-order valence-corrected chi connectivity index (χ2v) is 3.37. The Bertz CT molecular complexity index is 521. The van der Waals surface area contributed by atoms with Gasteiger partial charge in [0.2, 0.25) is 0 Å². The van der Waals surface area contributed by atoms with Gasteiger partial charge in [-0.15, -0.1) is 0 Å². The fourth-order valence-corrected chi connectivity index (χ4v) is 1.41. The molecule has 2 N–H and O–H groups in total. The van der Waals surface area contributed by atoms with Gasteiger partial charge in [0.05, 0.1) is 23.9 Å². The molecule has 0 spiro atoms. The molecule has 1 aromatic heterocycles. The van der Waals surface area contributed by atoms with Crippen LogP contribution in [0.5, 0.6) is 0 Å². The van der Waals surface area contributed by atoms with Crippen LogP contribution in [0.3, 0.4) is 0 Å². The van der Waals surface area contributed by atoms with Crippen LogP contribution in [-0.4, -0.2) is 14.7 Å². The van der Waals surface area contributed by atoms with Gasteiger partial charge in [-0.25, -0.2) is 0 Å². The molecule has 0 amide bonds. The molecule has 0 aliphatic rings. The van der Waals surface area contributed by atoms with E-state index < -0.39 is 4.92 Å². The van der Waals surface area contributed by atoms with Crippen molar-refractivity contribution in [3.63, 3.8) is 0 Å². The van der Waals surface area contributed by atoms with E-state index in [9.17, 15) is 10.1 Å². The summed E-state index contributed by atoms with van der Waals surface area (Å²) in [7, 11) is 0. The SMILES string of the molecule is Nc1cccc(Cn2ccc([N+](=O)[O-])n2)c1. The van der Waals surface area contributed by atoms with Gasteiger partial charge >= 0.3 is 5.82 Å². The molecule has 6 heteroatoms. The molecule has 0 bridgehead atoms. The number of nitro groups is 1. The van der Waals surface area contributed by atoms with Crippen molar-refractivity contribution in [3.8, 4) is 0 Å². The highest BCUT2D eigenvalue weighted by Gasteiger charge is 2.10. The van der Waals surface area contributed by atoms with E-state index >= 15 is 0 Å². The zero-order valence-corrected chi connectivity index (χ0v) is 8.41. The first-order valence-corrected chi connectivity index (χ1v) is 4.67. The molecular formula is C10H10N4O2. The number of nitrogens with zero attached hydrogens (tertiary/aromatic N) is 3. The van der Waals surface area contributed by atoms with E-state index in [-0.39, 0.29) is 5.82 Å². The fourth-order valence-electron chi connectivity index (χ4n) is 1.41. The summed E-state index contributed by atoms with van der Waals surface area (Å²) in [5, 5.41) is 14.2. The van der Waals surface area contributed by atoms with Crippen molar-refractivity contribution in [3.05, 3.63) is 52.2 Å². The fraction of sp³-hybridized carbons (Fsp3) is 0.100. The highest BCUT2D eigenvalue weighted by molar-refractivity contribution is 5.40. The normalized spacial score (nSPS) is 10.2. The lowest BCUT2D eigenvalue weighted by atomic mass is 10.2. The summed E-state index contributed by atoms with van der Waals surface area (Å²) >= 11 is 0. The molecule has 2 aromatic rings. The van der Waals surface area contributed by atoms with Gasteiger partial charge in [0.1, 0.15) is 0 Å². The summed E-state index contributed by atoms with van der Waals surface area (Å²) < 4.78 is 1.51. The topological polar surface area (TPSA) is 87.0 Å². The molecule has 0 radical (unpaired) electrons. The second-order valence-electron chi connectivity index (χ2n) is 3.37. The summed E-state index contributed by atoms with van der Waals surface area (Å²) in [4.78, 5) is 9.91. The molecule has 1 heterocycles. The van der Waals surface area contributed by atoms with E-state index in [1.54, 1.807) is 12.3 Å². The van der Waals surface area contributed by atoms with Gasteiger partial charge in [0.25, 0.3) is 0 Å². The molecule has 0 fully saturated rings. The van der Waals surface area contributed by atoms with Crippen LogP contribution >= 0.6 is 0 Å². The number of anilines is 1. The maximum Gasteiger partial charge on any atom is 0.389 e. The summed E-state index contributed by atoms with van der Waals surface area (Å²) in [6, 6.07) is 8.70. The average molecular weight is 218 g/mol. The molecule has 6 nitrogen and oxygen atoms in total. The van der Waals surface area contributed by atoms with Crippen molar-refractivity contribution in [2.45, 2.75) is 6.54 Å².